The second-order valence-corrected chi connectivity index (χ2v) is 6.33. The van der Waals surface area contributed by atoms with Gasteiger partial charge in [0.05, 0.1) is 6.10 Å². The molecule has 2 nitrogen and oxygen atoms in total. The van der Waals surface area contributed by atoms with E-state index in [0.29, 0.717) is 18.1 Å². The SMILES string of the molecule is CC1CN(C(C)C)C(C(C)(C)C)OC1C. The van der Waals surface area contributed by atoms with E-state index in [9.17, 15) is 0 Å². The first kappa shape index (κ1) is 13.0. The van der Waals surface area contributed by atoms with Crippen LogP contribution in [0.3, 0.4) is 0 Å². The molecule has 0 bridgehead atoms. The third-order valence-corrected chi connectivity index (χ3v) is 3.35. The van der Waals surface area contributed by atoms with Gasteiger partial charge < -0.3 is 4.74 Å². The zero-order valence-electron chi connectivity index (χ0n) is 11.4. The molecule has 0 aliphatic carbocycles. The Labute approximate surface area is 95.0 Å². The molecule has 0 aromatic rings. The van der Waals surface area contributed by atoms with Gasteiger partial charge in [-0.1, -0.05) is 27.7 Å². The molecule has 0 N–H and O–H groups in total. The Morgan fingerprint density at radius 3 is 2.13 bits per heavy atom. The minimum Gasteiger partial charge on any atom is -0.359 e. The Morgan fingerprint density at radius 2 is 1.73 bits per heavy atom. The summed E-state index contributed by atoms with van der Waals surface area (Å²) < 4.78 is 6.16. The molecule has 0 aromatic heterocycles. The monoisotopic (exact) mass is 213 g/mol. The maximum Gasteiger partial charge on any atom is 0.116 e. The van der Waals surface area contributed by atoms with Crippen LogP contribution in [0.1, 0.15) is 48.5 Å². The average Bonchev–Trinajstić information content (AvgIpc) is 2.06. The van der Waals surface area contributed by atoms with Gasteiger partial charge in [0.1, 0.15) is 6.23 Å². The van der Waals surface area contributed by atoms with Gasteiger partial charge in [0, 0.05) is 18.0 Å². The van der Waals surface area contributed by atoms with Crippen molar-refractivity contribution in [1.29, 1.82) is 0 Å². The van der Waals surface area contributed by atoms with Crippen molar-refractivity contribution in [3.63, 3.8) is 0 Å². The molecule has 90 valence electrons. The molecule has 15 heavy (non-hydrogen) atoms. The minimum atomic E-state index is 0.193. The van der Waals surface area contributed by atoms with Crippen molar-refractivity contribution in [3.8, 4) is 0 Å². The zero-order chi connectivity index (χ0) is 11.8. The summed E-state index contributed by atoms with van der Waals surface area (Å²) in [4.78, 5) is 2.49. The summed E-state index contributed by atoms with van der Waals surface area (Å²) in [5, 5.41) is 0. The average molecular weight is 213 g/mol. The smallest absolute Gasteiger partial charge is 0.116 e. The highest BCUT2D eigenvalue weighted by molar-refractivity contribution is 4.85. The van der Waals surface area contributed by atoms with E-state index in [4.69, 9.17) is 4.74 Å². The lowest BCUT2D eigenvalue weighted by Crippen LogP contribution is -2.57. The summed E-state index contributed by atoms with van der Waals surface area (Å²) in [6, 6.07) is 0.559. The molecular weight excluding hydrogens is 186 g/mol. The van der Waals surface area contributed by atoms with E-state index in [1.807, 2.05) is 0 Å². The molecule has 1 aliphatic heterocycles. The Balaban J connectivity index is 2.82. The predicted octanol–water partition coefficient (Wildman–Crippen LogP) is 3.12. The number of rotatable bonds is 1. The highest BCUT2D eigenvalue weighted by Crippen LogP contribution is 2.33. The largest absolute Gasteiger partial charge is 0.359 e. The molecule has 0 amide bonds. The van der Waals surface area contributed by atoms with E-state index < -0.39 is 0 Å². The maximum atomic E-state index is 6.16. The molecular formula is C13H27NO. The summed E-state index contributed by atoms with van der Waals surface area (Å²) in [6.07, 6.45) is 0.632. The van der Waals surface area contributed by atoms with Crippen molar-refractivity contribution >= 4 is 0 Å². The Morgan fingerprint density at radius 1 is 1.20 bits per heavy atom. The second-order valence-electron chi connectivity index (χ2n) is 6.33. The third kappa shape index (κ3) is 2.94. The van der Waals surface area contributed by atoms with E-state index in [2.05, 4.69) is 53.4 Å². The molecule has 3 unspecified atom stereocenters. The van der Waals surface area contributed by atoms with Crippen molar-refractivity contribution in [2.24, 2.45) is 11.3 Å². The summed E-state index contributed by atoms with van der Waals surface area (Å²) >= 11 is 0. The van der Waals surface area contributed by atoms with Crippen molar-refractivity contribution in [2.75, 3.05) is 6.54 Å². The summed E-state index contributed by atoms with van der Waals surface area (Å²) in [5.74, 6) is 0.631. The molecule has 0 saturated carbocycles. The quantitative estimate of drug-likeness (QED) is 0.663. The van der Waals surface area contributed by atoms with Gasteiger partial charge in [-0.3, -0.25) is 4.90 Å². The van der Waals surface area contributed by atoms with Gasteiger partial charge in [0.25, 0.3) is 0 Å². The van der Waals surface area contributed by atoms with Gasteiger partial charge in [-0.15, -0.1) is 0 Å². The maximum absolute atomic E-state index is 6.16. The Hall–Kier alpha value is -0.0800. The van der Waals surface area contributed by atoms with E-state index >= 15 is 0 Å². The first-order valence-corrected chi connectivity index (χ1v) is 6.14. The molecule has 1 saturated heterocycles. The van der Waals surface area contributed by atoms with Gasteiger partial charge in [-0.2, -0.15) is 0 Å². The number of nitrogens with zero attached hydrogens (tertiary/aromatic N) is 1. The molecule has 2 heteroatoms. The van der Waals surface area contributed by atoms with E-state index in [-0.39, 0.29) is 11.6 Å². The van der Waals surface area contributed by atoms with Gasteiger partial charge in [-0.05, 0) is 26.7 Å². The summed E-state index contributed by atoms with van der Waals surface area (Å²) in [7, 11) is 0. The summed E-state index contributed by atoms with van der Waals surface area (Å²) in [5.41, 5.74) is 0.193. The third-order valence-electron chi connectivity index (χ3n) is 3.35. The number of hydrogen-bond donors (Lipinski definition) is 0. The molecule has 0 spiro atoms. The Bertz CT molecular complexity index is 207. The lowest BCUT2D eigenvalue weighted by atomic mass is 9.89. The normalized spacial score (nSPS) is 34.8. The summed E-state index contributed by atoms with van der Waals surface area (Å²) in [6.45, 7) is 16.9. The van der Waals surface area contributed by atoms with E-state index in [1.54, 1.807) is 0 Å². The molecule has 3 atom stereocenters. The van der Waals surface area contributed by atoms with Crippen molar-refractivity contribution in [2.45, 2.75) is 66.8 Å². The van der Waals surface area contributed by atoms with Crippen LogP contribution in [0.25, 0.3) is 0 Å². The highest BCUT2D eigenvalue weighted by atomic mass is 16.5. The fraction of sp³-hybridized carbons (Fsp3) is 1.00. The molecule has 1 heterocycles. The topological polar surface area (TPSA) is 12.5 Å². The second kappa shape index (κ2) is 4.42. The number of hydrogen-bond acceptors (Lipinski definition) is 2. The molecule has 0 aromatic carbocycles. The van der Waals surface area contributed by atoms with Gasteiger partial charge in [-0.25, -0.2) is 0 Å². The van der Waals surface area contributed by atoms with Crippen LogP contribution < -0.4 is 0 Å². The van der Waals surface area contributed by atoms with Crippen molar-refractivity contribution in [3.05, 3.63) is 0 Å². The molecule has 1 rings (SSSR count). The fourth-order valence-corrected chi connectivity index (χ4v) is 2.18. The van der Waals surface area contributed by atoms with E-state index in [1.165, 1.54) is 0 Å². The molecule has 0 radical (unpaired) electrons. The number of ether oxygens (including phenoxy) is 1. The molecule has 1 aliphatic rings. The fourth-order valence-electron chi connectivity index (χ4n) is 2.18. The minimum absolute atomic E-state index is 0.193. The Kier molecular flexibility index (Phi) is 3.83. The van der Waals surface area contributed by atoms with Crippen LogP contribution in [0.4, 0.5) is 0 Å². The van der Waals surface area contributed by atoms with Crippen LogP contribution in [0.2, 0.25) is 0 Å². The van der Waals surface area contributed by atoms with Crippen LogP contribution in [-0.4, -0.2) is 29.8 Å². The van der Waals surface area contributed by atoms with Gasteiger partial charge >= 0.3 is 0 Å². The van der Waals surface area contributed by atoms with Gasteiger partial charge in [0.15, 0.2) is 0 Å². The van der Waals surface area contributed by atoms with Crippen molar-refractivity contribution < 1.29 is 4.74 Å². The first-order chi connectivity index (χ1) is 6.73. The van der Waals surface area contributed by atoms with Gasteiger partial charge in [0.2, 0.25) is 0 Å². The predicted molar refractivity (Wildman–Crippen MR) is 64.8 cm³/mol. The molecule has 1 fully saturated rings. The van der Waals surface area contributed by atoms with Crippen LogP contribution in [0.5, 0.6) is 0 Å². The van der Waals surface area contributed by atoms with Crippen LogP contribution >= 0.6 is 0 Å². The first-order valence-electron chi connectivity index (χ1n) is 6.14. The lowest BCUT2D eigenvalue weighted by Gasteiger charge is -2.49. The van der Waals surface area contributed by atoms with Crippen LogP contribution in [0.15, 0.2) is 0 Å². The van der Waals surface area contributed by atoms with Crippen LogP contribution in [-0.2, 0) is 4.74 Å². The standard InChI is InChI=1S/C13H27NO/c1-9(2)14-8-10(3)11(4)15-12(14)13(5,6)7/h9-12H,8H2,1-7H3. The zero-order valence-corrected chi connectivity index (χ0v) is 11.4. The van der Waals surface area contributed by atoms with E-state index in [0.717, 1.165) is 6.54 Å². The lowest BCUT2D eigenvalue weighted by molar-refractivity contribution is -0.206. The highest BCUT2D eigenvalue weighted by Gasteiger charge is 2.39. The van der Waals surface area contributed by atoms with Crippen molar-refractivity contribution in [1.82, 2.24) is 4.90 Å². The van der Waals surface area contributed by atoms with Crippen LogP contribution in [0, 0.1) is 11.3 Å².